The number of ether oxygens (including phenoxy) is 2. The number of pyridine rings is 1. The maximum atomic E-state index is 12.8. The molecule has 0 fully saturated rings. The van der Waals surface area contributed by atoms with E-state index in [1.807, 2.05) is 0 Å². The Morgan fingerprint density at radius 2 is 1.81 bits per heavy atom. The minimum Gasteiger partial charge on any atom is -0.497 e. The lowest BCUT2D eigenvalue weighted by Gasteiger charge is -2.12. The number of hydrogen-bond donors (Lipinski definition) is 1. The Morgan fingerprint density at radius 1 is 1.10 bits per heavy atom. The van der Waals surface area contributed by atoms with Crippen LogP contribution < -0.4 is 14.8 Å². The molecule has 0 radical (unpaired) electrons. The SMILES string of the molecule is CNc1cc(C(F)(F)F)cc(Oc2cccc(OC)c2)n1. The van der Waals surface area contributed by atoms with Gasteiger partial charge >= 0.3 is 6.18 Å². The van der Waals surface area contributed by atoms with Gasteiger partial charge in [-0.3, -0.25) is 0 Å². The molecule has 1 heterocycles. The molecule has 0 unspecified atom stereocenters. The lowest BCUT2D eigenvalue weighted by atomic mass is 10.2. The van der Waals surface area contributed by atoms with Crippen molar-refractivity contribution in [1.29, 1.82) is 0 Å². The third-order valence-electron chi connectivity index (χ3n) is 2.65. The van der Waals surface area contributed by atoms with Gasteiger partial charge in [0.25, 0.3) is 0 Å². The van der Waals surface area contributed by atoms with Crippen LogP contribution in [0.15, 0.2) is 36.4 Å². The average Bonchev–Trinajstić information content (AvgIpc) is 2.46. The molecule has 0 aliphatic carbocycles. The fourth-order valence-corrected chi connectivity index (χ4v) is 1.63. The van der Waals surface area contributed by atoms with Gasteiger partial charge in [0.2, 0.25) is 5.88 Å². The molecule has 1 aromatic carbocycles. The van der Waals surface area contributed by atoms with Crippen LogP contribution in [0.3, 0.4) is 0 Å². The van der Waals surface area contributed by atoms with E-state index in [1.54, 1.807) is 24.3 Å². The van der Waals surface area contributed by atoms with Crippen LogP contribution in [-0.4, -0.2) is 19.1 Å². The van der Waals surface area contributed by atoms with Crippen LogP contribution in [0.5, 0.6) is 17.4 Å². The Balaban J connectivity index is 2.34. The molecule has 2 rings (SSSR count). The Bertz CT molecular complexity index is 630. The van der Waals surface area contributed by atoms with Crippen LogP contribution in [0.25, 0.3) is 0 Å². The van der Waals surface area contributed by atoms with Crippen molar-refractivity contribution in [3.63, 3.8) is 0 Å². The molecule has 0 bridgehead atoms. The monoisotopic (exact) mass is 298 g/mol. The highest BCUT2D eigenvalue weighted by Crippen LogP contribution is 2.34. The summed E-state index contributed by atoms with van der Waals surface area (Å²) in [5, 5.41) is 2.57. The standard InChI is InChI=1S/C14H13F3N2O2/c1-18-12-6-9(14(15,16)17)7-13(19-12)21-11-5-3-4-10(8-11)20-2/h3-8H,1-2H3,(H,18,19). The lowest BCUT2D eigenvalue weighted by Crippen LogP contribution is -2.07. The maximum absolute atomic E-state index is 12.8. The molecule has 1 aromatic heterocycles. The molecule has 4 nitrogen and oxygen atoms in total. The van der Waals surface area contributed by atoms with Gasteiger partial charge in [-0.1, -0.05) is 6.07 Å². The molecule has 2 aromatic rings. The number of benzene rings is 1. The molecule has 0 saturated carbocycles. The molecule has 7 heteroatoms. The Hall–Kier alpha value is -2.44. The maximum Gasteiger partial charge on any atom is 0.416 e. The molecular formula is C14H13F3N2O2. The number of nitrogens with one attached hydrogen (secondary N) is 1. The van der Waals surface area contributed by atoms with Gasteiger partial charge in [-0.05, 0) is 18.2 Å². The van der Waals surface area contributed by atoms with E-state index in [0.717, 1.165) is 12.1 Å². The summed E-state index contributed by atoms with van der Waals surface area (Å²) in [7, 11) is 2.97. The quantitative estimate of drug-likeness (QED) is 0.928. The van der Waals surface area contributed by atoms with E-state index in [9.17, 15) is 13.2 Å². The van der Waals surface area contributed by atoms with Crippen molar-refractivity contribution < 1.29 is 22.6 Å². The van der Waals surface area contributed by atoms with E-state index in [4.69, 9.17) is 9.47 Å². The van der Waals surface area contributed by atoms with Crippen molar-refractivity contribution in [3.05, 3.63) is 42.0 Å². The van der Waals surface area contributed by atoms with Crippen LogP contribution in [0.1, 0.15) is 5.56 Å². The van der Waals surface area contributed by atoms with Crippen LogP contribution in [0, 0.1) is 0 Å². The van der Waals surface area contributed by atoms with Crippen LogP contribution in [0.4, 0.5) is 19.0 Å². The highest BCUT2D eigenvalue weighted by Gasteiger charge is 2.32. The summed E-state index contributed by atoms with van der Waals surface area (Å²) in [4.78, 5) is 3.94. The summed E-state index contributed by atoms with van der Waals surface area (Å²) in [5.41, 5.74) is -0.834. The normalized spacial score (nSPS) is 11.1. The molecule has 0 spiro atoms. The van der Waals surface area contributed by atoms with Gasteiger partial charge in [-0.15, -0.1) is 0 Å². The van der Waals surface area contributed by atoms with Gasteiger partial charge in [0.15, 0.2) is 0 Å². The van der Waals surface area contributed by atoms with Gasteiger partial charge in [-0.25, -0.2) is 0 Å². The van der Waals surface area contributed by atoms with E-state index in [0.29, 0.717) is 11.5 Å². The van der Waals surface area contributed by atoms with E-state index in [2.05, 4.69) is 10.3 Å². The number of hydrogen-bond acceptors (Lipinski definition) is 4. The summed E-state index contributed by atoms with van der Waals surface area (Å²) >= 11 is 0. The van der Waals surface area contributed by atoms with E-state index >= 15 is 0 Å². The minimum atomic E-state index is -4.47. The topological polar surface area (TPSA) is 43.4 Å². The fourth-order valence-electron chi connectivity index (χ4n) is 1.63. The molecule has 112 valence electrons. The average molecular weight is 298 g/mol. The molecule has 0 aliphatic rings. The number of aromatic nitrogens is 1. The van der Waals surface area contributed by atoms with Crippen molar-refractivity contribution in [2.24, 2.45) is 0 Å². The van der Waals surface area contributed by atoms with Gasteiger partial charge in [0.1, 0.15) is 17.3 Å². The lowest BCUT2D eigenvalue weighted by molar-refractivity contribution is -0.137. The predicted octanol–water partition coefficient (Wildman–Crippen LogP) is 3.94. The number of alkyl halides is 3. The van der Waals surface area contributed by atoms with Crippen molar-refractivity contribution in [1.82, 2.24) is 4.98 Å². The van der Waals surface area contributed by atoms with Crippen molar-refractivity contribution in [2.45, 2.75) is 6.18 Å². The number of nitrogens with zero attached hydrogens (tertiary/aromatic N) is 1. The van der Waals surface area contributed by atoms with Gasteiger partial charge < -0.3 is 14.8 Å². The van der Waals surface area contributed by atoms with Crippen LogP contribution in [-0.2, 0) is 6.18 Å². The smallest absolute Gasteiger partial charge is 0.416 e. The number of halogens is 3. The molecule has 1 N–H and O–H groups in total. The van der Waals surface area contributed by atoms with E-state index < -0.39 is 11.7 Å². The molecule has 0 aliphatic heterocycles. The first-order valence-corrected chi connectivity index (χ1v) is 6.01. The second-order valence-electron chi connectivity index (χ2n) is 4.11. The third-order valence-corrected chi connectivity index (χ3v) is 2.65. The van der Waals surface area contributed by atoms with Crippen molar-refractivity contribution >= 4 is 5.82 Å². The van der Waals surface area contributed by atoms with E-state index in [1.165, 1.54) is 14.2 Å². The molecule has 0 saturated heterocycles. The first-order valence-electron chi connectivity index (χ1n) is 6.01. The Kier molecular flexibility index (Phi) is 4.21. The number of anilines is 1. The number of rotatable bonds is 4. The zero-order valence-electron chi connectivity index (χ0n) is 11.4. The summed E-state index contributed by atoms with van der Waals surface area (Å²) in [5.74, 6) is 0.793. The predicted molar refractivity (Wildman–Crippen MR) is 71.9 cm³/mol. The molecule has 0 amide bonds. The highest BCUT2D eigenvalue weighted by molar-refractivity contribution is 5.43. The second-order valence-corrected chi connectivity index (χ2v) is 4.11. The first-order chi connectivity index (χ1) is 9.92. The van der Waals surface area contributed by atoms with Gasteiger partial charge in [0, 0.05) is 19.2 Å². The summed E-state index contributed by atoms with van der Waals surface area (Å²) < 4.78 is 48.8. The van der Waals surface area contributed by atoms with Gasteiger partial charge in [-0.2, -0.15) is 18.2 Å². The van der Waals surface area contributed by atoms with Crippen molar-refractivity contribution in [3.8, 4) is 17.4 Å². The number of methoxy groups -OCH3 is 1. The molecule has 21 heavy (non-hydrogen) atoms. The summed E-state index contributed by atoms with van der Waals surface area (Å²) in [6, 6.07) is 8.29. The van der Waals surface area contributed by atoms with E-state index in [-0.39, 0.29) is 11.7 Å². The van der Waals surface area contributed by atoms with Crippen LogP contribution in [0.2, 0.25) is 0 Å². The molecular weight excluding hydrogens is 285 g/mol. The highest BCUT2D eigenvalue weighted by atomic mass is 19.4. The Morgan fingerprint density at radius 3 is 2.43 bits per heavy atom. The minimum absolute atomic E-state index is 0.0720. The Labute approximate surface area is 119 Å². The summed E-state index contributed by atoms with van der Waals surface area (Å²) in [6.45, 7) is 0. The van der Waals surface area contributed by atoms with Gasteiger partial charge in [0.05, 0.1) is 12.7 Å². The largest absolute Gasteiger partial charge is 0.497 e. The van der Waals surface area contributed by atoms with Crippen LogP contribution >= 0.6 is 0 Å². The second kappa shape index (κ2) is 5.90. The zero-order chi connectivity index (χ0) is 15.5. The fraction of sp³-hybridized carbons (Fsp3) is 0.214. The third kappa shape index (κ3) is 3.77. The zero-order valence-corrected chi connectivity index (χ0v) is 11.4. The van der Waals surface area contributed by atoms with Crippen molar-refractivity contribution in [2.75, 3.05) is 19.5 Å². The molecule has 0 atom stereocenters. The summed E-state index contributed by atoms with van der Waals surface area (Å²) in [6.07, 6.45) is -4.47. The first kappa shape index (κ1) is 15.0.